The molecule has 3 rings (SSSR count). The van der Waals surface area contributed by atoms with E-state index in [0.29, 0.717) is 5.69 Å². The number of carbonyl (C=O) groups is 2. The summed E-state index contributed by atoms with van der Waals surface area (Å²) in [5.74, 6) is -1.20. The fourth-order valence-electron chi connectivity index (χ4n) is 3.35. The molecule has 0 saturated carbocycles. The third-order valence-electron chi connectivity index (χ3n) is 4.76. The summed E-state index contributed by atoms with van der Waals surface area (Å²) < 4.78 is 30.6. The van der Waals surface area contributed by atoms with E-state index in [1.165, 1.54) is 12.1 Å². The van der Waals surface area contributed by atoms with Crippen molar-refractivity contribution in [2.24, 2.45) is 0 Å². The van der Waals surface area contributed by atoms with Crippen LogP contribution in [0.5, 0.6) is 0 Å². The molecule has 0 saturated heterocycles. The number of carbonyl (C=O) groups excluding carboxylic acids is 2. The zero-order valence-corrected chi connectivity index (χ0v) is 20.0. The number of anilines is 4. The fourth-order valence-corrected chi connectivity index (χ4v) is 3.93. The Morgan fingerprint density at radius 1 is 0.882 bits per heavy atom. The summed E-state index contributed by atoms with van der Waals surface area (Å²) in [6.07, 6.45) is 0.986. The second-order valence-corrected chi connectivity index (χ2v) is 9.64. The first-order chi connectivity index (χ1) is 16.1. The maximum atomic E-state index is 12.9. The van der Waals surface area contributed by atoms with E-state index in [1.807, 2.05) is 68.4 Å². The van der Waals surface area contributed by atoms with Gasteiger partial charge in [0, 0.05) is 23.1 Å². The molecule has 0 radical (unpaired) electrons. The molecule has 0 spiro atoms. The maximum absolute atomic E-state index is 12.9. The second kappa shape index (κ2) is 10.8. The lowest BCUT2D eigenvalue weighted by Gasteiger charge is -2.27. The van der Waals surface area contributed by atoms with Gasteiger partial charge < -0.3 is 15.0 Å². The first-order valence-electron chi connectivity index (χ1n) is 10.6. The summed E-state index contributed by atoms with van der Waals surface area (Å²) in [5.41, 5.74) is 2.59. The Labute approximate surface area is 199 Å². The molecule has 0 aliphatic heterocycles. The van der Waals surface area contributed by atoms with Crippen LogP contribution in [-0.4, -0.2) is 39.2 Å². The van der Waals surface area contributed by atoms with Gasteiger partial charge >= 0.3 is 5.97 Å². The molecule has 0 aliphatic carbocycles. The average molecular weight is 482 g/mol. The van der Waals surface area contributed by atoms with Gasteiger partial charge in [-0.1, -0.05) is 30.3 Å². The van der Waals surface area contributed by atoms with Gasteiger partial charge in [0.15, 0.2) is 6.61 Å². The van der Waals surface area contributed by atoms with E-state index in [9.17, 15) is 18.0 Å². The molecule has 2 N–H and O–H groups in total. The molecule has 0 fully saturated rings. The highest BCUT2D eigenvalue weighted by Gasteiger charge is 2.22. The lowest BCUT2D eigenvalue weighted by atomic mass is 10.2. The van der Waals surface area contributed by atoms with Crippen molar-refractivity contribution in [3.63, 3.8) is 0 Å². The molecule has 8 nitrogen and oxygen atoms in total. The Morgan fingerprint density at radius 2 is 1.47 bits per heavy atom. The lowest BCUT2D eigenvalue weighted by molar-refractivity contribution is -0.122. The van der Waals surface area contributed by atoms with Crippen molar-refractivity contribution in [1.82, 2.24) is 0 Å². The van der Waals surface area contributed by atoms with E-state index < -0.39 is 28.5 Å². The minimum absolute atomic E-state index is 0.0214. The van der Waals surface area contributed by atoms with Crippen LogP contribution in [0.1, 0.15) is 24.2 Å². The standard InChI is InChI=1S/C25H27N3O5S/c1-18(2)28(21-15-13-20(14-16-21)26-19-9-5-4-6-10-19)24(29)17-33-25(30)22-11-7-8-12-23(22)27-34(3,31)32/h4-16,18,26-27H,17H2,1-3H3. The van der Waals surface area contributed by atoms with Crippen LogP contribution < -0.4 is 14.9 Å². The van der Waals surface area contributed by atoms with Crippen molar-refractivity contribution in [2.75, 3.05) is 27.8 Å². The first kappa shape index (κ1) is 24.8. The first-order valence-corrected chi connectivity index (χ1v) is 12.5. The van der Waals surface area contributed by atoms with Gasteiger partial charge in [-0.2, -0.15) is 0 Å². The molecular formula is C25H27N3O5S. The largest absolute Gasteiger partial charge is 0.452 e. The van der Waals surface area contributed by atoms with Crippen molar-refractivity contribution in [1.29, 1.82) is 0 Å². The van der Waals surface area contributed by atoms with Gasteiger partial charge in [0.25, 0.3) is 5.91 Å². The second-order valence-electron chi connectivity index (χ2n) is 7.89. The number of hydrogen-bond acceptors (Lipinski definition) is 6. The van der Waals surface area contributed by atoms with Gasteiger partial charge in [0.1, 0.15) is 0 Å². The summed E-state index contributed by atoms with van der Waals surface area (Å²) in [7, 11) is -3.59. The van der Waals surface area contributed by atoms with E-state index in [0.717, 1.165) is 17.6 Å². The smallest absolute Gasteiger partial charge is 0.340 e. The number of nitrogens with zero attached hydrogens (tertiary/aromatic N) is 1. The van der Waals surface area contributed by atoms with Gasteiger partial charge in [-0.05, 0) is 62.4 Å². The van der Waals surface area contributed by atoms with E-state index in [2.05, 4.69) is 10.0 Å². The topological polar surface area (TPSA) is 105 Å². The predicted octanol–water partition coefficient (Wildman–Crippen LogP) is 4.40. The van der Waals surface area contributed by atoms with Gasteiger partial charge in [0.2, 0.25) is 10.0 Å². The number of rotatable bonds is 9. The molecule has 0 heterocycles. The molecule has 9 heteroatoms. The predicted molar refractivity (Wildman–Crippen MR) is 134 cm³/mol. The van der Waals surface area contributed by atoms with Gasteiger partial charge in [-0.15, -0.1) is 0 Å². The zero-order chi connectivity index (χ0) is 24.7. The summed E-state index contributed by atoms with van der Waals surface area (Å²) >= 11 is 0. The van der Waals surface area contributed by atoms with Crippen LogP contribution in [0, 0.1) is 0 Å². The fraction of sp³-hybridized carbons (Fsp3) is 0.200. The summed E-state index contributed by atoms with van der Waals surface area (Å²) in [4.78, 5) is 27.0. The highest BCUT2D eigenvalue weighted by Crippen LogP contribution is 2.23. The van der Waals surface area contributed by atoms with Gasteiger partial charge in [0.05, 0.1) is 17.5 Å². The third-order valence-corrected chi connectivity index (χ3v) is 5.35. The van der Waals surface area contributed by atoms with Crippen molar-refractivity contribution in [3.05, 3.63) is 84.4 Å². The Bertz CT molecular complexity index is 1240. The van der Waals surface area contributed by atoms with Crippen LogP contribution in [-0.2, 0) is 19.6 Å². The van der Waals surface area contributed by atoms with Crippen LogP contribution in [0.25, 0.3) is 0 Å². The quantitative estimate of drug-likeness (QED) is 0.439. The SMILES string of the molecule is CC(C)N(C(=O)COC(=O)c1ccccc1NS(C)(=O)=O)c1ccc(Nc2ccccc2)cc1. The van der Waals surface area contributed by atoms with E-state index in [-0.39, 0.29) is 17.3 Å². The van der Waals surface area contributed by atoms with Crippen molar-refractivity contribution >= 4 is 44.6 Å². The molecule has 0 aliphatic rings. The highest BCUT2D eigenvalue weighted by molar-refractivity contribution is 7.92. The average Bonchev–Trinajstić information content (AvgIpc) is 2.78. The molecule has 3 aromatic rings. The molecule has 34 heavy (non-hydrogen) atoms. The van der Waals surface area contributed by atoms with Crippen molar-refractivity contribution < 1.29 is 22.7 Å². The Hall–Kier alpha value is -3.85. The van der Waals surface area contributed by atoms with Crippen molar-refractivity contribution in [3.8, 4) is 0 Å². The number of benzene rings is 3. The zero-order valence-electron chi connectivity index (χ0n) is 19.2. The number of hydrogen-bond donors (Lipinski definition) is 2. The lowest BCUT2D eigenvalue weighted by Crippen LogP contribution is -2.40. The molecular weight excluding hydrogens is 454 g/mol. The molecule has 1 amide bonds. The van der Waals surface area contributed by atoms with E-state index in [1.54, 1.807) is 17.0 Å². The Kier molecular flexibility index (Phi) is 7.91. The number of amides is 1. The van der Waals surface area contributed by atoms with Crippen molar-refractivity contribution in [2.45, 2.75) is 19.9 Å². The number of esters is 1. The molecule has 3 aromatic carbocycles. The minimum atomic E-state index is -3.59. The van der Waals surface area contributed by atoms with Crippen LogP contribution in [0.3, 0.4) is 0 Å². The maximum Gasteiger partial charge on any atom is 0.340 e. The number of ether oxygens (including phenoxy) is 1. The molecule has 0 unspecified atom stereocenters. The summed E-state index contributed by atoms with van der Waals surface area (Å²) in [5, 5.41) is 3.29. The van der Waals surface area contributed by atoms with Crippen LogP contribution >= 0.6 is 0 Å². The number of nitrogens with one attached hydrogen (secondary N) is 2. The van der Waals surface area contributed by atoms with Gasteiger partial charge in [-0.25, -0.2) is 13.2 Å². The monoisotopic (exact) mass is 481 g/mol. The molecule has 0 aromatic heterocycles. The van der Waals surface area contributed by atoms with Gasteiger partial charge in [-0.3, -0.25) is 9.52 Å². The molecule has 0 bridgehead atoms. The number of para-hydroxylation sites is 2. The van der Waals surface area contributed by atoms with Crippen LogP contribution in [0.4, 0.5) is 22.7 Å². The number of sulfonamides is 1. The summed E-state index contributed by atoms with van der Waals surface area (Å²) in [6.45, 7) is 3.23. The summed E-state index contributed by atoms with van der Waals surface area (Å²) in [6, 6.07) is 23.0. The normalized spacial score (nSPS) is 11.1. The van der Waals surface area contributed by atoms with Crippen LogP contribution in [0.2, 0.25) is 0 Å². The Morgan fingerprint density at radius 3 is 2.09 bits per heavy atom. The van der Waals surface area contributed by atoms with Crippen LogP contribution in [0.15, 0.2) is 78.9 Å². The third kappa shape index (κ3) is 6.82. The Balaban J connectivity index is 1.68. The minimum Gasteiger partial charge on any atom is -0.452 e. The molecule has 0 atom stereocenters. The highest BCUT2D eigenvalue weighted by atomic mass is 32.2. The molecule has 178 valence electrons. The van der Waals surface area contributed by atoms with E-state index in [4.69, 9.17) is 4.74 Å². The van der Waals surface area contributed by atoms with E-state index >= 15 is 0 Å².